The van der Waals surface area contributed by atoms with Crippen molar-refractivity contribution in [3.8, 4) is 0 Å². The molecule has 2 aromatic carbocycles. The van der Waals surface area contributed by atoms with Crippen LogP contribution in [0.2, 0.25) is 0 Å². The van der Waals surface area contributed by atoms with Crippen molar-refractivity contribution in [1.29, 1.82) is 0 Å². The van der Waals surface area contributed by atoms with Crippen molar-refractivity contribution in [1.82, 2.24) is 5.32 Å². The molecule has 0 radical (unpaired) electrons. The quantitative estimate of drug-likeness (QED) is 0.789. The lowest BCUT2D eigenvalue weighted by molar-refractivity contribution is -0.118. The molecule has 1 aliphatic heterocycles. The summed E-state index contributed by atoms with van der Waals surface area (Å²) in [6.45, 7) is 0.835. The predicted molar refractivity (Wildman–Crippen MR) is 88.7 cm³/mol. The molecule has 0 aliphatic carbocycles. The summed E-state index contributed by atoms with van der Waals surface area (Å²) >= 11 is 2.25. The maximum Gasteiger partial charge on any atom is 0.246 e. The van der Waals surface area contributed by atoms with Gasteiger partial charge in [-0.1, -0.05) is 24.3 Å². The van der Waals surface area contributed by atoms with Crippen LogP contribution >= 0.6 is 22.6 Å². The summed E-state index contributed by atoms with van der Waals surface area (Å²) in [7, 11) is 0. The second kappa shape index (κ2) is 5.93. The van der Waals surface area contributed by atoms with E-state index in [9.17, 15) is 4.79 Å². The van der Waals surface area contributed by atoms with Crippen molar-refractivity contribution in [3.63, 3.8) is 0 Å². The third-order valence-corrected chi connectivity index (χ3v) is 4.20. The SMILES string of the molecule is O=C(Nc1ccc(I)cc1)C1NCCc2ccccc21. The van der Waals surface area contributed by atoms with Crippen molar-refractivity contribution in [2.75, 3.05) is 11.9 Å². The highest BCUT2D eigenvalue weighted by atomic mass is 127. The molecule has 0 saturated heterocycles. The average Bonchev–Trinajstić information content (AvgIpc) is 2.49. The van der Waals surface area contributed by atoms with Crippen LogP contribution in [0.15, 0.2) is 48.5 Å². The van der Waals surface area contributed by atoms with E-state index in [1.807, 2.05) is 42.5 Å². The van der Waals surface area contributed by atoms with Gasteiger partial charge in [0.1, 0.15) is 6.04 Å². The van der Waals surface area contributed by atoms with Crippen LogP contribution in [-0.2, 0) is 11.2 Å². The molecule has 20 heavy (non-hydrogen) atoms. The van der Waals surface area contributed by atoms with Crippen molar-refractivity contribution in [3.05, 3.63) is 63.2 Å². The highest BCUT2D eigenvalue weighted by Gasteiger charge is 2.25. The summed E-state index contributed by atoms with van der Waals surface area (Å²) in [5, 5.41) is 6.27. The van der Waals surface area contributed by atoms with Gasteiger partial charge in [-0.15, -0.1) is 0 Å². The van der Waals surface area contributed by atoms with E-state index in [-0.39, 0.29) is 11.9 Å². The van der Waals surface area contributed by atoms with E-state index in [2.05, 4.69) is 39.3 Å². The summed E-state index contributed by atoms with van der Waals surface area (Å²) in [5.74, 6) is -0.00152. The molecule has 1 aliphatic rings. The Morgan fingerprint density at radius 2 is 1.90 bits per heavy atom. The zero-order valence-corrected chi connectivity index (χ0v) is 13.1. The molecule has 3 rings (SSSR count). The summed E-state index contributed by atoms with van der Waals surface area (Å²) < 4.78 is 1.15. The molecule has 2 N–H and O–H groups in total. The number of anilines is 1. The number of fused-ring (bicyclic) bond motifs is 1. The van der Waals surface area contributed by atoms with Gasteiger partial charge in [0.15, 0.2) is 0 Å². The Kier molecular flexibility index (Phi) is 4.03. The molecule has 2 aromatic rings. The zero-order chi connectivity index (χ0) is 13.9. The lowest BCUT2D eigenvalue weighted by atomic mass is 9.94. The molecule has 3 nitrogen and oxygen atoms in total. The molecular weight excluding hydrogens is 363 g/mol. The summed E-state index contributed by atoms with van der Waals surface area (Å²) in [5.41, 5.74) is 3.18. The van der Waals surface area contributed by atoms with Gasteiger partial charge >= 0.3 is 0 Å². The Morgan fingerprint density at radius 3 is 2.70 bits per heavy atom. The van der Waals surface area contributed by atoms with E-state index in [0.717, 1.165) is 27.8 Å². The lowest BCUT2D eigenvalue weighted by Crippen LogP contribution is -2.38. The van der Waals surface area contributed by atoms with Gasteiger partial charge in [0.25, 0.3) is 0 Å². The molecule has 1 heterocycles. The van der Waals surface area contributed by atoms with Crippen LogP contribution in [0.1, 0.15) is 17.2 Å². The van der Waals surface area contributed by atoms with Crippen LogP contribution in [0, 0.1) is 3.57 Å². The zero-order valence-electron chi connectivity index (χ0n) is 10.9. The molecule has 1 atom stereocenters. The van der Waals surface area contributed by atoms with E-state index < -0.39 is 0 Å². The van der Waals surface area contributed by atoms with Crippen LogP contribution in [0.5, 0.6) is 0 Å². The van der Waals surface area contributed by atoms with Crippen molar-refractivity contribution >= 4 is 34.2 Å². The van der Waals surface area contributed by atoms with Gasteiger partial charge in [-0.25, -0.2) is 0 Å². The topological polar surface area (TPSA) is 41.1 Å². The van der Waals surface area contributed by atoms with Gasteiger partial charge in [0.05, 0.1) is 0 Å². The minimum atomic E-state index is -0.265. The van der Waals surface area contributed by atoms with Gasteiger partial charge in [0, 0.05) is 15.8 Å². The standard InChI is InChI=1S/C16H15IN2O/c17-12-5-7-13(8-6-12)19-16(20)15-14-4-2-1-3-11(14)9-10-18-15/h1-8,15,18H,9-10H2,(H,19,20). The van der Waals surface area contributed by atoms with Crippen LogP contribution in [0.4, 0.5) is 5.69 Å². The number of nitrogens with one attached hydrogen (secondary N) is 2. The molecule has 102 valence electrons. The summed E-state index contributed by atoms with van der Waals surface area (Å²) in [4.78, 5) is 12.4. The predicted octanol–water partition coefficient (Wildman–Crippen LogP) is 3.12. The number of carbonyl (C=O) groups is 1. The summed E-state index contributed by atoms with van der Waals surface area (Å²) in [6.07, 6.45) is 0.976. The molecular formula is C16H15IN2O. The fourth-order valence-corrected chi connectivity index (χ4v) is 2.85. The minimum absolute atomic E-state index is 0.00152. The maximum atomic E-state index is 12.4. The van der Waals surface area contributed by atoms with Crippen LogP contribution in [0.3, 0.4) is 0 Å². The van der Waals surface area contributed by atoms with Gasteiger partial charge < -0.3 is 10.6 Å². The number of hydrogen-bond donors (Lipinski definition) is 2. The molecule has 0 fully saturated rings. The number of benzene rings is 2. The first-order chi connectivity index (χ1) is 9.74. The van der Waals surface area contributed by atoms with Gasteiger partial charge in [-0.2, -0.15) is 0 Å². The van der Waals surface area contributed by atoms with Gasteiger partial charge in [-0.05, 0) is 64.4 Å². The number of halogens is 1. The third-order valence-electron chi connectivity index (χ3n) is 3.48. The Bertz CT molecular complexity index is 625. The van der Waals surface area contributed by atoms with Crippen molar-refractivity contribution in [2.24, 2.45) is 0 Å². The second-order valence-electron chi connectivity index (χ2n) is 4.83. The Labute approximate surface area is 131 Å². The molecule has 4 heteroatoms. The number of rotatable bonds is 2. The van der Waals surface area contributed by atoms with E-state index in [1.165, 1.54) is 5.56 Å². The highest BCUT2D eigenvalue weighted by Crippen LogP contribution is 2.24. The lowest BCUT2D eigenvalue weighted by Gasteiger charge is -2.26. The van der Waals surface area contributed by atoms with Gasteiger partial charge in [0.2, 0.25) is 5.91 Å². The van der Waals surface area contributed by atoms with Crippen LogP contribution in [-0.4, -0.2) is 12.5 Å². The van der Waals surface area contributed by atoms with E-state index in [4.69, 9.17) is 0 Å². The minimum Gasteiger partial charge on any atom is -0.324 e. The normalized spacial score (nSPS) is 17.4. The molecule has 1 unspecified atom stereocenters. The first kappa shape index (κ1) is 13.6. The van der Waals surface area contributed by atoms with Crippen molar-refractivity contribution in [2.45, 2.75) is 12.5 Å². The number of carbonyl (C=O) groups excluding carboxylic acids is 1. The van der Waals surface area contributed by atoms with Crippen molar-refractivity contribution < 1.29 is 4.79 Å². The van der Waals surface area contributed by atoms with Gasteiger partial charge in [-0.3, -0.25) is 4.79 Å². The third kappa shape index (κ3) is 2.86. The Balaban J connectivity index is 1.80. The largest absolute Gasteiger partial charge is 0.324 e. The second-order valence-corrected chi connectivity index (χ2v) is 6.08. The maximum absolute atomic E-state index is 12.4. The van der Waals surface area contributed by atoms with E-state index >= 15 is 0 Å². The molecule has 0 saturated carbocycles. The molecule has 0 aromatic heterocycles. The smallest absolute Gasteiger partial charge is 0.246 e. The van der Waals surface area contributed by atoms with E-state index in [0.29, 0.717) is 0 Å². The van der Waals surface area contributed by atoms with Crippen LogP contribution < -0.4 is 10.6 Å². The Hall–Kier alpha value is -1.40. The first-order valence-electron chi connectivity index (χ1n) is 6.61. The molecule has 1 amide bonds. The molecule has 0 spiro atoms. The Morgan fingerprint density at radius 1 is 1.15 bits per heavy atom. The fourth-order valence-electron chi connectivity index (χ4n) is 2.49. The number of amides is 1. The number of hydrogen-bond acceptors (Lipinski definition) is 2. The van der Waals surface area contributed by atoms with E-state index in [1.54, 1.807) is 0 Å². The average molecular weight is 378 g/mol. The fraction of sp³-hybridized carbons (Fsp3) is 0.188. The van der Waals surface area contributed by atoms with Crippen LogP contribution in [0.25, 0.3) is 0 Å². The molecule has 0 bridgehead atoms. The monoisotopic (exact) mass is 378 g/mol. The summed E-state index contributed by atoms with van der Waals surface area (Å²) in [6, 6.07) is 15.7. The highest BCUT2D eigenvalue weighted by molar-refractivity contribution is 14.1. The first-order valence-corrected chi connectivity index (χ1v) is 7.69.